The fraction of sp³-hybridized carbons (Fsp3) is 0.0909. The van der Waals surface area contributed by atoms with E-state index in [2.05, 4.69) is 0 Å². The number of halogens is 1. The van der Waals surface area contributed by atoms with Crippen molar-refractivity contribution in [2.24, 2.45) is 0 Å². The molecule has 4 nitrogen and oxygen atoms in total. The predicted octanol–water partition coefficient (Wildman–Crippen LogP) is 2.09. The van der Waals surface area contributed by atoms with E-state index in [1.807, 2.05) is 46.9 Å². The van der Waals surface area contributed by atoms with Gasteiger partial charge in [0.2, 0.25) is 0 Å². The Kier molecular flexibility index (Phi) is 3.46. The molecule has 0 radical (unpaired) electrons. The molecule has 0 atom stereocenters. The van der Waals surface area contributed by atoms with E-state index < -0.39 is 0 Å². The van der Waals surface area contributed by atoms with Crippen molar-refractivity contribution < 1.29 is 0 Å². The Morgan fingerprint density at radius 3 is 1.56 bits per heavy atom. The van der Waals surface area contributed by atoms with E-state index in [1.54, 1.807) is 6.92 Å². The monoisotopic (exact) mass is 318 g/mol. The lowest BCUT2D eigenvalue weighted by molar-refractivity contribution is 1.28. The van der Waals surface area contributed by atoms with Crippen LogP contribution >= 0.6 is 22.6 Å². The number of hydrogen-bond acceptors (Lipinski definition) is 4. The largest absolute Gasteiger partial charge is 0.192 e. The lowest BCUT2D eigenvalue weighted by Gasteiger charge is -2.07. The minimum absolute atomic E-state index is 0.0471. The van der Waals surface area contributed by atoms with Gasteiger partial charge in [0, 0.05) is 0 Å². The molecule has 0 aliphatic carbocycles. The summed E-state index contributed by atoms with van der Waals surface area (Å²) in [7, 11) is 0. The molecule has 0 aromatic heterocycles. The lowest BCUT2D eigenvalue weighted by atomic mass is 9.94. The average Bonchev–Trinajstić information content (AvgIpc) is 2.29. The third-order valence-electron chi connectivity index (χ3n) is 2.14. The number of nitriles is 4. The van der Waals surface area contributed by atoms with Gasteiger partial charge in [-0.15, -0.1) is 0 Å². The van der Waals surface area contributed by atoms with Crippen LogP contribution in [0.4, 0.5) is 0 Å². The first-order valence-corrected chi connectivity index (χ1v) is 5.16. The molecule has 16 heavy (non-hydrogen) atoms. The molecule has 0 heterocycles. The molecule has 0 N–H and O–H groups in total. The molecule has 0 bridgehead atoms. The molecule has 5 heteroatoms. The molecular formula is C11H3IN4. The van der Waals surface area contributed by atoms with Gasteiger partial charge in [-0.05, 0) is 35.1 Å². The zero-order valence-electron chi connectivity index (χ0n) is 8.17. The summed E-state index contributed by atoms with van der Waals surface area (Å²) < 4.78 is 0.427. The minimum Gasteiger partial charge on any atom is -0.192 e. The first-order valence-electron chi connectivity index (χ1n) is 4.08. The maximum atomic E-state index is 8.95. The van der Waals surface area contributed by atoms with Crippen LogP contribution in [0.15, 0.2) is 0 Å². The van der Waals surface area contributed by atoms with Crippen LogP contribution in [-0.4, -0.2) is 0 Å². The molecule has 0 fully saturated rings. The van der Waals surface area contributed by atoms with Gasteiger partial charge in [0.1, 0.15) is 24.3 Å². The molecule has 0 saturated carbocycles. The summed E-state index contributed by atoms with van der Waals surface area (Å²) in [6, 6.07) is 7.51. The van der Waals surface area contributed by atoms with Gasteiger partial charge in [0.15, 0.2) is 0 Å². The van der Waals surface area contributed by atoms with Gasteiger partial charge < -0.3 is 0 Å². The topological polar surface area (TPSA) is 95.2 Å². The lowest BCUT2D eigenvalue weighted by Crippen LogP contribution is -2.02. The van der Waals surface area contributed by atoms with E-state index in [0.29, 0.717) is 9.13 Å². The van der Waals surface area contributed by atoms with Gasteiger partial charge >= 0.3 is 0 Å². The van der Waals surface area contributed by atoms with Gasteiger partial charge in [-0.1, -0.05) is 0 Å². The highest BCUT2D eigenvalue weighted by atomic mass is 127. The predicted molar refractivity (Wildman–Crippen MR) is 62.8 cm³/mol. The fourth-order valence-electron chi connectivity index (χ4n) is 1.33. The Hall–Kier alpha value is -2.09. The Morgan fingerprint density at radius 1 is 0.750 bits per heavy atom. The first kappa shape index (κ1) is 12.0. The Labute approximate surface area is 106 Å². The molecule has 0 saturated heterocycles. The zero-order chi connectivity index (χ0) is 12.3. The fourth-order valence-corrected chi connectivity index (χ4v) is 2.24. The van der Waals surface area contributed by atoms with Crippen molar-refractivity contribution in [2.75, 3.05) is 0 Å². The molecule has 0 aliphatic rings. The summed E-state index contributed by atoms with van der Waals surface area (Å²) in [5.41, 5.74) is 0.987. The molecule has 1 aromatic carbocycles. The van der Waals surface area contributed by atoms with Crippen LogP contribution in [0.1, 0.15) is 27.8 Å². The van der Waals surface area contributed by atoms with Gasteiger partial charge in [-0.2, -0.15) is 21.0 Å². The van der Waals surface area contributed by atoms with Gasteiger partial charge in [-0.25, -0.2) is 0 Å². The van der Waals surface area contributed by atoms with Crippen LogP contribution in [0.3, 0.4) is 0 Å². The number of hydrogen-bond donors (Lipinski definition) is 0. The highest BCUT2D eigenvalue weighted by molar-refractivity contribution is 14.1. The van der Waals surface area contributed by atoms with Crippen molar-refractivity contribution in [3.8, 4) is 24.3 Å². The second-order valence-corrected chi connectivity index (χ2v) is 3.96. The summed E-state index contributed by atoms with van der Waals surface area (Å²) in [5, 5.41) is 35.8. The molecule has 1 aromatic rings. The van der Waals surface area contributed by atoms with Crippen molar-refractivity contribution in [3.63, 3.8) is 0 Å². The van der Waals surface area contributed by atoms with Gasteiger partial charge in [0.25, 0.3) is 0 Å². The highest BCUT2D eigenvalue weighted by Crippen LogP contribution is 2.27. The van der Waals surface area contributed by atoms with Crippen molar-refractivity contribution in [1.29, 1.82) is 21.0 Å². The van der Waals surface area contributed by atoms with Crippen molar-refractivity contribution in [3.05, 3.63) is 31.4 Å². The van der Waals surface area contributed by atoms with Crippen LogP contribution in [0.25, 0.3) is 0 Å². The molecule has 74 valence electrons. The molecule has 0 spiro atoms. The quantitative estimate of drug-likeness (QED) is 0.684. The molecule has 1 rings (SSSR count). The summed E-state index contributed by atoms with van der Waals surface area (Å²) in [6.07, 6.45) is 0. The summed E-state index contributed by atoms with van der Waals surface area (Å²) in [6.45, 7) is 1.60. The minimum atomic E-state index is 0.0471. The van der Waals surface area contributed by atoms with Gasteiger partial charge in [0.05, 0.1) is 25.8 Å². The van der Waals surface area contributed by atoms with E-state index in [-0.39, 0.29) is 22.3 Å². The van der Waals surface area contributed by atoms with Crippen LogP contribution in [0.5, 0.6) is 0 Å². The number of benzene rings is 1. The van der Waals surface area contributed by atoms with E-state index in [4.69, 9.17) is 21.0 Å². The average molecular weight is 318 g/mol. The Balaban J connectivity index is 3.99. The molecular weight excluding hydrogens is 315 g/mol. The molecule has 0 unspecified atom stereocenters. The maximum Gasteiger partial charge on any atom is 0.102 e. The van der Waals surface area contributed by atoms with Crippen LogP contribution in [0.2, 0.25) is 0 Å². The highest BCUT2D eigenvalue weighted by Gasteiger charge is 2.20. The normalized spacial score (nSPS) is 8.38. The van der Waals surface area contributed by atoms with Crippen LogP contribution in [0, 0.1) is 55.8 Å². The van der Waals surface area contributed by atoms with Crippen molar-refractivity contribution in [1.82, 2.24) is 0 Å². The first-order chi connectivity index (χ1) is 7.62. The molecule has 0 amide bonds. The standard InChI is InChI=1S/C11H3IN4/c1-6-7(2-13)9(4-15)10(5-16)11(12)8(6)3-14/h1H3. The van der Waals surface area contributed by atoms with Crippen LogP contribution < -0.4 is 0 Å². The van der Waals surface area contributed by atoms with E-state index in [0.717, 1.165) is 0 Å². The Morgan fingerprint density at radius 2 is 1.19 bits per heavy atom. The maximum absolute atomic E-state index is 8.95. The van der Waals surface area contributed by atoms with Crippen LogP contribution in [-0.2, 0) is 0 Å². The van der Waals surface area contributed by atoms with E-state index in [9.17, 15) is 0 Å². The smallest absolute Gasteiger partial charge is 0.102 e. The van der Waals surface area contributed by atoms with Crippen molar-refractivity contribution >= 4 is 22.6 Å². The summed E-state index contributed by atoms with van der Waals surface area (Å²) in [5.74, 6) is 0. The summed E-state index contributed by atoms with van der Waals surface area (Å²) in [4.78, 5) is 0. The van der Waals surface area contributed by atoms with E-state index >= 15 is 0 Å². The number of rotatable bonds is 0. The van der Waals surface area contributed by atoms with E-state index in [1.165, 1.54) is 0 Å². The third-order valence-corrected chi connectivity index (χ3v) is 3.21. The zero-order valence-corrected chi connectivity index (χ0v) is 10.3. The van der Waals surface area contributed by atoms with Gasteiger partial charge in [-0.3, -0.25) is 0 Å². The number of nitrogens with zero attached hydrogens (tertiary/aromatic N) is 4. The third kappa shape index (κ3) is 1.58. The van der Waals surface area contributed by atoms with Crippen molar-refractivity contribution in [2.45, 2.75) is 6.92 Å². The SMILES string of the molecule is Cc1c(C#N)c(I)c(C#N)c(C#N)c1C#N. The second kappa shape index (κ2) is 4.62. The second-order valence-electron chi connectivity index (χ2n) is 2.89. The Bertz CT molecular complexity index is 591. The molecule has 0 aliphatic heterocycles. The summed E-state index contributed by atoms with van der Waals surface area (Å²) >= 11 is 1.84.